The quantitative estimate of drug-likeness (QED) is 0.197. The number of nitrogens with one attached hydrogen (secondary N) is 3. The Bertz CT molecular complexity index is 979. The average molecular weight is 424 g/mol. The number of methoxy groups -OCH3 is 1. The molecular formula is C23H29N5O3. The van der Waals surface area contributed by atoms with Gasteiger partial charge in [0.05, 0.1) is 12.6 Å². The zero-order valence-corrected chi connectivity index (χ0v) is 17.7. The van der Waals surface area contributed by atoms with Crippen LogP contribution in [0, 0.1) is 0 Å². The summed E-state index contributed by atoms with van der Waals surface area (Å²) in [5.74, 6) is 1.88. The summed E-state index contributed by atoms with van der Waals surface area (Å²) < 4.78 is 5.21. The highest BCUT2D eigenvalue weighted by atomic mass is 16.5. The van der Waals surface area contributed by atoms with E-state index in [9.17, 15) is 4.79 Å². The molecule has 0 unspecified atom stereocenters. The van der Waals surface area contributed by atoms with Crippen molar-refractivity contribution < 1.29 is 14.7 Å². The van der Waals surface area contributed by atoms with Crippen LogP contribution in [0.3, 0.4) is 0 Å². The number of unbranched alkanes of at least 4 members (excludes halogenated alkanes) is 3. The molecule has 3 rings (SSSR count). The van der Waals surface area contributed by atoms with Crippen molar-refractivity contribution in [1.29, 1.82) is 0 Å². The van der Waals surface area contributed by atoms with Gasteiger partial charge in [-0.15, -0.1) is 0 Å². The van der Waals surface area contributed by atoms with E-state index in [-0.39, 0.29) is 5.91 Å². The third-order valence-electron chi connectivity index (χ3n) is 4.96. The van der Waals surface area contributed by atoms with Gasteiger partial charge in [-0.1, -0.05) is 37.1 Å². The lowest BCUT2D eigenvalue weighted by molar-refractivity contribution is -0.129. The lowest BCUT2D eigenvalue weighted by Crippen LogP contribution is -2.17. The fraction of sp³-hybridized carbons (Fsp3) is 0.348. The second-order valence-electron chi connectivity index (χ2n) is 7.24. The number of rotatable bonds is 12. The lowest BCUT2D eigenvalue weighted by Gasteiger charge is -2.12. The fourth-order valence-electron chi connectivity index (χ4n) is 3.24. The fourth-order valence-corrected chi connectivity index (χ4v) is 3.24. The number of hydrogen-bond acceptors (Lipinski definition) is 7. The molecule has 0 aliphatic rings. The predicted octanol–water partition coefficient (Wildman–Crippen LogP) is 4.12. The third-order valence-corrected chi connectivity index (χ3v) is 4.96. The van der Waals surface area contributed by atoms with E-state index in [1.54, 1.807) is 12.6 Å². The van der Waals surface area contributed by atoms with Gasteiger partial charge in [-0.2, -0.15) is 4.98 Å². The molecule has 0 saturated heterocycles. The van der Waals surface area contributed by atoms with Gasteiger partial charge < -0.3 is 15.4 Å². The molecule has 31 heavy (non-hydrogen) atoms. The van der Waals surface area contributed by atoms with Crippen molar-refractivity contribution in [3.05, 3.63) is 54.1 Å². The standard InChI is InChI=1S/C23H29N5O3/c1-31-18-13-11-17(12-14-18)16-25-22-19-8-5-6-9-20(19)26-23(27-22)24-15-7-3-2-4-10-21(29)28-30/h5-6,8-9,11-14,30H,2-4,7,10,15-16H2,1H3,(H,28,29)(H2,24,25,26,27). The molecule has 2 aromatic carbocycles. The summed E-state index contributed by atoms with van der Waals surface area (Å²) in [5, 5.41) is 16.2. The molecule has 0 spiro atoms. The van der Waals surface area contributed by atoms with Gasteiger partial charge >= 0.3 is 0 Å². The largest absolute Gasteiger partial charge is 0.497 e. The molecule has 4 N–H and O–H groups in total. The summed E-state index contributed by atoms with van der Waals surface area (Å²) in [4.78, 5) is 20.3. The van der Waals surface area contributed by atoms with Crippen molar-refractivity contribution in [1.82, 2.24) is 15.4 Å². The van der Waals surface area contributed by atoms with E-state index >= 15 is 0 Å². The number of aromatic nitrogens is 2. The van der Waals surface area contributed by atoms with Crippen LogP contribution >= 0.6 is 0 Å². The number of hydrogen-bond donors (Lipinski definition) is 4. The molecule has 0 bridgehead atoms. The number of para-hydroxylation sites is 1. The van der Waals surface area contributed by atoms with Crippen LogP contribution in [0.1, 0.15) is 37.7 Å². The first-order chi connectivity index (χ1) is 15.2. The molecule has 8 heteroatoms. The zero-order valence-electron chi connectivity index (χ0n) is 17.7. The summed E-state index contributed by atoms with van der Waals surface area (Å²) in [6.07, 6.45) is 3.98. The summed E-state index contributed by atoms with van der Waals surface area (Å²) >= 11 is 0. The minimum atomic E-state index is -0.336. The Morgan fingerprint density at radius 3 is 2.52 bits per heavy atom. The number of carbonyl (C=O) groups is 1. The van der Waals surface area contributed by atoms with Gasteiger partial charge in [0.1, 0.15) is 11.6 Å². The summed E-state index contributed by atoms with van der Waals surface area (Å²) in [7, 11) is 1.66. The molecule has 0 aliphatic heterocycles. The van der Waals surface area contributed by atoms with Crippen LogP contribution in [-0.2, 0) is 11.3 Å². The molecule has 8 nitrogen and oxygen atoms in total. The molecule has 0 radical (unpaired) electrons. The van der Waals surface area contributed by atoms with Crippen LogP contribution in [0.2, 0.25) is 0 Å². The van der Waals surface area contributed by atoms with E-state index in [0.29, 0.717) is 18.9 Å². The van der Waals surface area contributed by atoms with E-state index in [1.807, 2.05) is 48.5 Å². The summed E-state index contributed by atoms with van der Waals surface area (Å²) in [6, 6.07) is 15.9. The van der Waals surface area contributed by atoms with Gasteiger partial charge in [-0.25, -0.2) is 10.5 Å². The maximum Gasteiger partial charge on any atom is 0.243 e. The second-order valence-corrected chi connectivity index (χ2v) is 7.24. The van der Waals surface area contributed by atoms with E-state index < -0.39 is 0 Å². The van der Waals surface area contributed by atoms with Gasteiger partial charge in [-0.05, 0) is 42.7 Å². The highest BCUT2D eigenvalue weighted by molar-refractivity contribution is 5.90. The first-order valence-electron chi connectivity index (χ1n) is 10.5. The molecule has 3 aromatic rings. The van der Waals surface area contributed by atoms with Gasteiger partial charge in [0.15, 0.2) is 0 Å². The van der Waals surface area contributed by atoms with Crippen molar-refractivity contribution in [3.8, 4) is 5.75 Å². The Morgan fingerprint density at radius 2 is 1.74 bits per heavy atom. The van der Waals surface area contributed by atoms with Crippen LogP contribution < -0.4 is 20.9 Å². The highest BCUT2D eigenvalue weighted by Gasteiger charge is 2.07. The van der Waals surface area contributed by atoms with Crippen molar-refractivity contribution in [2.75, 3.05) is 24.3 Å². The summed E-state index contributed by atoms with van der Waals surface area (Å²) in [5.41, 5.74) is 3.67. The van der Waals surface area contributed by atoms with Gasteiger partial charge in [0, 0.05) is 24.9 Å². The zero-order chi connectivity index (χ0) is 21.9. The number of carbonyl (C=O) groups excluding carboxylic acids is 1. The van der Waals surface area contributed by atoms with E-state index in [2.05, 4.69) is 20.6 Å². The summed E-state index contributed by atoms with van der Waals surface area (Å²) in [6.45, 7) is 1.40. The Balaban J connectivity index is 1.56. The van der Waals surface area contributed by atoms with Gasteiger partial charge in [0.2, 0.25) is 11.9 Å². The van der Waals surface area contributed by atoms with Gasteiger partial charge in [-0.3, -0.25) is 10.0 Å². The Hall–Kier alpha value is -3.39. The monoisotopic (exact) mass is 423 g/mol. The normalized spacial score (nSPS) is 10.6. The van der Waals surface area contributed by atoms with Crippen LogP contribution in [0.4, 0.5) is 11.8 Å². The SMILES string of the molecule is COc1ccc(CNc2nc(NCCCCCCC(=O)NO)nc3ccccc23)cc1. The smallest absolute Gasteiger partial charge is 0.243 e. The number of ether oxygens (including phenoxy) is 1. The van der Waals surface area contributed by atoms with Crippen LogP contribution in [-0.4, -0.2) is 34.7 Å². The van der Waals surface area contributed by atoms with Crippen molar-refractivity contribution in [2.24, 2.45) is 0 Å². The maximum atomic E-state index is 11.0. The highest BCUT2D eigenvalue weighted by Crippen LogP contribution is 2.23. The second kappa shape index (κ2) is 11.7. The molecule has 0 atom stereocenters. The molecule has 164 valence electrons. The predicted molar refractivity (Wildman–Crippen MR) is 121 cm³/mol. The van der Waals surface area contributed by atoms with Crippen LogP contribution in [0.15, 0.2) is 48.5 Å². The van der Waals surface area contributed by atoms with Crippen molar-refractivity contribution in [2.45, 2.75) is 38.6 Å². The molecule has 1 aromatic heterocycles. The number of anilines is 2. The first-order valence-corrected chi connectivity index (χ1v) is 10.5. The first kappa shape index (κ1) is 22.3. The lowest BCUT2D eigenvalue weighted by atomic mass is 10.1. The number of amides is 1. The van der Waals surface area contributed by atoms with E-state index in [4.69, 9.17) is 9.94 Å². The Labute approximate surface area is 182 Å². The Morgan fingerprint density at radius 1 is 0.968 bits per heavy atom. The minimum Gasteiger partial charge on any atom is -0.497 e. The van der Waals surface area contributed by atoms with Crippen molar-refractivity contribution in [3.63, 3.8) is 0 Å². The molecule has 1 amide bonds. The van der Waals surface area contributed by atoms with Gasteiger partial charge in [0.25, 0.3) is 0 Å². The molecule has 0 aliphatic carbocycles. The van der Waals surface area contributed by atoms with Crippen LogP contribution in [0.5, 0.6) is 5.75 Å². The van der Waals surface area contributed by atoms with E-state index in [1.165, 1.54) is 0 Å². The van der Waals surface area contributed by atoms with Crippen molar-refractivity contribution >= 4 is 28.6 Å². The Kier molecular flexibility index (Phi) is 8.42. The average Bonchev–Trinajstić information content (AvgIpc) is 2.82. The number of hydroxylamine groups is 1. The minimum absolute atomic E-state index is 0.336. The molecule has 0 saturated carbocycles. The molecular weight excluding hydrogens is 394 g/mol. The molecule has 0 fully saturated rings. The number of fused-ring (bicyclic) bond motifs is 1. The van der Waals surface area contributed by atoms with Crippen LogP contribution in [0.25, 0.3) is 10.9 Å². The topological polar surface area (TPSA) is 108 Å². The number of nitrogens with zero attached hydrogens (tertiary/aromatic N) is 2. The molecule has 1 heterocycles. The van der Waals surface area contributed by atoms with E-state index in [0.717, 1.165) is 60.3 Å². The maximum absolute atomic E-state index is 11.0. The third kappa shape index (κ3) is 6.82. The number of benzene rings is 2.